The minimum Gasteiger partial charge on any atom is -0.354 e. The van der Waals surface area contributed by atoms with E-state index in [-0.39, 0.29) is 0 Å². The molecule has 0 aliphatic heterocycles. The molecular weight excluding hydrogens is 270 g/mol. The number of nitrogens with zero attached hydrogens (tertiary/aromatic N) is 3. The number of hydrogen-bond donors (Lipinski definition) is 2. The first-order valence-corrected chi connectivity index (χ1v) is 7.51. The van der Waals surface area contributed by atoms with Gasteiger partial charge in [0, 0.05) is 18.0 Å². The highest BCUT2D eigenvalue weighted by Crippen LogP contribution is 2.26. The molecule has 0 amide bonds. The number of aryl methyl sites for hydroxylation is 1. The Labute approximate surface area is 123 Å². The van der Waals surface area contributed by atoms with Crippen LogP contribution in [0.3, 0.4) is 0 Å². The first kappa shape index (κ1) is 14.6. The van der Waals surface area contributed by atoms with Gasteiger partial charge in [-0.2, -0.15) is 15.0 Å². The maximum absolute atomic E-state index is 4.41. The lowest BCUT2D eigenvalue weighted by Crippen LogP contribution is -2.09. The van der Waals surface area contributed by atoms with Crippen molar-refractivity contribution in [3.05, 3.63) is 29.8 Å². The summed E-state index contributed by atoms with van der Waals surface area (Å²) in [5.74, 6) is 1.21. The number of aromatic nitrogens is 3. The fraction of sp³-hybridized carbons (Fsp3) is 0.357. The molecule has 0 saturated heterocycles. The van der Waals surface area contributed by atoms with Gasteiger partial charge in [0.25, 0.3) is 0 Å². The summed E-state index contributed by atoms with van der Waals surface area (Å²) in [5, 5.41) is 6.94. The van der Waals surface area contributed by atoms with Crippen molar-refractivity contribution in [3.63, 3.8) is 0 Å². The summed E-state index contributed by atoms with van der Waals surface area (Å²) >= 11 is 1.53. The van der Waals surface area contributed by atoms with Crippen molar-refractivity contribution in [1.29, 1.82) is 0 Å². The summed E-state index contributed by atoms with van der Waals surface area (Å²) in [7, 11) is 0. The van der Waals surface area contributed by atoms with Gasteiger partial charge in [-0.15, -0.1) is 0 Å². The van der Waals surface area contributed by atoms with E-state index < -0.39 is 0 Å². The third-order valence-electron chi connectivity index (χ3n) is 2.51. The van der Waals surface area contributed by atoms with Gasteiger partial charge in [-0.05, 0) is 44.7 Å². The zero-order valence-electron chi connectivity index (χ0n) is 12.0. The van der Waals surface area contributed by atoms with Crippen LogP contribution in [0.5, 0.6) is 0 Å². The Hall–Kier alpha value is -1.82. The minimum atomic E-state index is 0.605. The fourth-order valence-corrected chi connectivity index (χ4v) is 2.34. The SMILES string of the molecule is CCNc1nc(NCC)nc(Sc2ccc(C)cc2)n1. The van der Waals surface area contributed by atoms with E-state index in [9.17, 15) is 0 Å². The maximum atomic E-state index is 4.41. The molecule has 20 heavy (non-hydrogen) atoms. The Morgan fingerprint density at radius 3 is 1.95 bits per heavy atom. The first-order chi connectivity index (χ1) is 9.71. The second-order valence-corrected chi connectivity index (χ2v) is 5.28. The summed E-state index contributed by atoms with van der Waals surface area (Å²) < 4.78 is 0. The van der Waals surface area contributed by atoms with Gasteiger partial charge in [-0.1, -0.05) is 17.7 Å². The maximum Gasteiger partial charge on any atom is 0.228 e. The van der Waals surface area contributed by atoms with Crippen LogP contribution in [0.25, 0.3) is 0 Å². The molecule has 0 unspecified atom stereocenters. The molecule has 1 heterocycles. The van der Waals surface area contributed by atoms with E-state index in [2.05, 4.69) is 56.8 Å². The van der Waals surface area contributed by atoms with Gasteiger partial charge in [-0.3, -0.25) is 0 Å². The monoisotopic (exact) mass is 289 g/mol. The first-order valence-electron chi connectivity index (χ1n) is 6.69. The molecule has 0 aliphatic rings. The van der Waals surface area contributed by atoms with E-state index >= 15 is 0 Å². The Morgan fingerprint density at radius 2 is 1.45 bits per heavy atom. The number of benzene rings is 1. The molecular formula is C14H19N5S. The van der Waals surface area contributed by atoms with Crippen molar-refractivity contribution in [3.8, 4) is 0 Å². The number of nitrogens with one attached hydrogen (secondary N) is 2. The van der Waals surface area contributed by atoms with Gasteiger partial charge >= 0.3 is 0 Å². The largest absolute Gasteiger partial charge is 0.354 e. The van der Waals surface area contributed by atoms with E-state index in [1.807, 2.05) is 13.8 Å². The van der Waals surface area contributed by atoms with E-state index in [1.165, 1.54) is 17.3 Å². The van der Waals surface area contributed by atoms with E-state index in [4.69, 9.17) is 0 Å². The Morgan fingerprint density at radius 1 is 0.900 bits per heavy atom. The van der Waals surface area contributed by atoms with Gasteiger partial charge in [0.1, 0.15) is 0 Å². The predicted molar refractivity (Wildman–Crippen MR) is 83.5 cm³/mol. The zero-order chi connectivity index (χ0) is 14.4. The third kappa shape index (κ3) is 4.09. The molecule has 0 bridgehead atoms. The number of rotatable bonds is 6. The van der Waals surface area contributed by atoms with Crippen LogP contribution < -0.4 is 10.6 Å². The predicted octanol–water partition coefficient (Wildman–Crippen LogP) is 3.19. The van der Waals surface area contributed by atoms with Gasteiger partial charge in [0.2, 0.25) is 11.9 Å². The van der Waals surface area contributed by atoms with Crippen molar-refractivity contribution in [2.24, 2.45) is 0 Å². The molecule has 1 aromatic heterocycles. The second kappa shape index (κ2) is 7.09. The smallest absolute Gasteiger partial charge is 0.228 e. The lowest BCUT2D eigenvalue weighted by atomic mass is 10.2. The third-order valence-corrected chi connectivity index (χ3v) is 3.39. The van der Waals surface area contributed by atoms with E-state index in [0.29, 0.717) is 17.1 Å². The van der Waals surface area contributed by atoms with Gasteiger partial charge in [-0.25, -0.2) is 0 Å². The molecule has 2 aromatic rings. The highest BCUT2D eigenvalue weighted by atomic mass is 32.2. The summed E-state index contributed by atoms with van der Waals surface area (Å²) in [6, 6.07) is 8.31. The standard InChI is InChI=1S/C14H19N5S/c1-4-15-12-17-13(16-5-2)19-14(18-12)20-11-8-6-10(3)7-9-11/h6-9H,4-5H2,1-3H3,(H2,15,16,17,18,19). The molecule has 5 nitrogen and oxygen atoms in total. The van der Waals surface area contributed by atoms with Crippen LogP contribution in [-0.2, 0) is 0 Å². The van der Waals surface area contributed by atoms with Crippen molar-refractivity contribution >= 4 is 23.7 Å². The van der Waals surface area contributed by atoms with E-state index in [0.717, 1.165) is 18.0 Å². The van der Waals surface area contributed by atoms with Gasteiger partial charge < -0.3 is 10.6 Å². The Balaban J connectivity index is 2.22. The lowest BCUT2D eigenvalue weighted by molar-refractivity contribution is 0.894. The molecule has 0 radical (unpaired) electrons. The molecule has 1 aromatic carbocycles. The normalized spacial score (nSPS) is 10.3. The van der Waals surface area contributed by atoms with Gasteiger partial charge in [0.15, 0.2) is 5.16 Å². The van der Waals surface area contributed by atoms with Crippen LogP contribution in [0, 0.1) is 6.92 Å². The summed E-state index contributed by atoms with van der Waals surface area (Å²) in [4.78, 5) is 14.3. The molecule has 0 atom stereocenters. The van der Waals surface area contributed by atoms with Crippen molar-refractivity contribution in [2.75, 3.05) is 23.7 Å². The quantitative estimate of drug-likeness (QED) is 0.851. The summed E-state index contributed by atoms with van der Waals surface area (Å²) in [6.07, 6.45) is 0. The van der Waals surface area contributed by atoms with Crippen LogP contribution >= 0.6 is 11.8 Å². The Bertz CT molecular complexity index is 532. The van der Waals surface area contributed by atoms with Gasteiger partial charge in [0.05, 0.1) is 0 Å². The molecule has 0 fully saturated rings. The average molecular weight is 289 g/mol. The van der Waals surface area contributed by atoms with Crippen molar-refractivity contribution in [2.45, 2.75) is 30.8 Å². The number of hydrogen-bond acceptors (Lipinski definition) is 6. The zero-order valence-corrected chi connectivity index (χ0v) is 12.8. The average Bonchev–Trinajstić information content (AvgIpc) is 2.42. The molecule has 0 aliphatic carbocycles. The Kier molecular flexibility index (Phi) is 5.17. The van der Waals surface area contributed by atoms with Crippen molar-refractivity contribution < 1.29 is 0 Å². The summed E-state index contributed by atoms with van der Waals surface area (Å²) in [5.41, 5.74) is 1.24. The van der Waals surface area contributed by atoms with Crippen molar-refractivity contribution in [1.82, 2.24) is 15.0 Å². The highest BCUT2D eigenvalue weighted by Gasteiger charge is 2.07. The van der Waals surface area contributed by atoms with E-state index in [1.54, 1.807) is 0 Å². The van der Waals surface area contributed by atoms with Crippen LogP contribution in [0.15, 0.2) is 34.3 Å². The van der Waals surface area contributed by atoms with Crippen LogP contribution in [-0.4, -0.2) is 28.0 Å². The molecule has 0 saturated carbocycles. The summed E-state index contributed by atoms with van der Waals surface area (Å²) in [6.45, 7) is 7.67. The highest BCUT2D eigenvalue weighted by molar-refractivity contribution is 7.99. The van der Waals surface area contributed by atoms with Crippen LogP contribution in [0.2, 0.25) is 0 Å². The fourth-order valence-electron chi connectivity index (χ4n) is 1.59. The second-order valence-electron chi connectivity index (χ2n) is 4.24. The molecule has 0 spiro atoms. The minimum absolute atomic E-state index is 0.605. The topological polar surface area (TPSA) is 62.7 Å². The van der Waals surface area contributed by atoms with Crippen LogP contribution in [0.4, 0.5) is 11.9 Å². The molecule has 6 heteroatoms. The van der Waals surface area contributed by atoms with Crippen LogP contribution in [0.1, 0.15) is 19.4 Å². The molecule has 2 N–H and O–H groups in total. The number of anilines is 2. The molecule has 106 valence electrons. The lowest BCUT2D eigenvalue weighted by Gasteiger charge is -2.08. The molecule has 2 rings (SSSR count).